The number of nitrogens with one attached hydrogen (secondary N) is 1. The van der Waals surface area contributed by atoms with E-state index in [1.807, 2.05) is 49.4 Å². The van der Waals surface area contributed by atoms with Crippen LogP contribution in [0, 0.1) is 6.92 Å². The van der Waals surface area contributed by atoms with Crippen molar-refractivity contribution in [1.82, 2.24) is 0 Å². The minimum atomic E-state index is 0.0154. The molecule has 0 heterocycles. The van der Waals surface area contributed by atoms with Gasteiger partial charge in [0.1, 0.15) is 0 Å². The molecule has 0 bridgehead atoms. The number of benzene rings is 2. The summed E-state index contributed by atoms with van der Waals surface area (Å²) in [4.78, 5) is 11.9. The summed E-state index contributed by atoms with van der Waals surface area (Å²) in [5, 5.41) is 3.62. The number of hydrogen-bond acceptors (Lipinski definition) is 1. The maximum atomic E-state index is 11.9. The van der Waals surface area contributed by atoms with Crippen molar-refractivity contribution in [2.24, 2.45) is 0 Å². The number of rotatable bonds is 4. The van der Waals surface area contributed by atoms with E-state index in [1.165, 1.54) is 0 Å². The lowest BCUT2D eigenvalue weighted by molar-refractivity contribution is -0.116. The minimum Gasteiger partial charge on any atom is -0.326 e. The third kappa shape index (κ3) is 4.36. The average molecular weight is 353 g/mol. The van der Waals surface area contributed by atoms with Crippen LogP contribution in [0.5, 0.6) is 0 Å². The summed E-state index contributed by atoms with van der Waals surface area (Å²) in [6.07, 6.45) is 1.16. The number of aryl methyl sites for hydroxylation is 2. The molecule has 0 spiro atoms. The molecule has 0 aliphatic heterocycles. The monoisotopic (exact) mass is 351 g/mol. The molecule has 0 aliphatic rings. The second kappa shape index (κ2) is 6.91. The third-order valence-corrected chi connectivity index (χ3v) is 4.14. The van der Waals surface area contributed by atoms with Gasteiger partial charge < -0.3 is 5.32 Å². The Hall–Kier alpha value is -1.32. The molecule has 20 heavy (non-hydrogen) atoms. The maximum Gasteiger partial charge on any atom is 0.224 e. The van der Waals surface area contributed by atoms with Crippen molar-refractivity contribution in [3.05, 3.63) is 63.1 Å². The quantitative estimate of drug-likeness (QED) is 0.826. The molecule has 2 nitrogen and oxygen atoms in total. The SMILES string of the molecule is Cc1cc(NC(=O)CCc2ccc(Cl)cc2)ccc1Br. The van der Waals surface area contributed by atoms with Gasteiger partial charge in [-0.1, -0.05) is 39.7 Å². The van der Waals surface area contributed by atoms with Crippen molar-refractivity contribution in [3.8, 4) is 0 Å². The second-order valence-corrected chi connectivity index (χ2v) is 5.93. The summed E-state index contributed by atoms with van der Waals surface area (Å²) >= 11 is 9.27. The Morgan fingerprint density at radius 3 is 2.55 bits per heavy atom. The Labute approximate surface area is 132 Å². The van der Waals surface area contributed by atoms with Crippen LogP contribution in [-0.2, 0) is 11.2 Å². The fraction of sp³-hybridized carbons (Fsp3) is 0.188. The van der Waals surface area contributed by atoms with Crippen LogP contribution in [0.2, 0.25) is 5.02 Å². The zero-order valence-electron chi connectivity index (χ0n) is 11.1. The van der Waals surface area contributed by atoms with E-state index in [-0.39, 0.29) is 5.91 Å². The second-order valence-electron chi connectivity index (χ2n) is 4.64. The zero-order valence-corrected chi connectivity index (χ0v) is 13.5. The Morgan fingerprint density at radius 1 is 1.20 bits per heavy atom. The molecule has 1 amide bonds. The predicted octanol–water partition coefficient (Wildman–Crippen LogP) is 4.98. The summed E-state index contributed by atoms with van der Waals surface area (Å²) in [6.45, 7) is 1.99. The van der Waals surface area contributed by atoms with Gasteiger partial charge in [-0.2, -0.15) is 0 Å². The standard InChI is InChI=1S/C16H15BrClNO/c1-11-10-14(7-8-15(11)17)19-16(20)9-4-12-2-5-13(18)6-3-12/h2-3,5-8,10H,4,9H2,1H3,(H,19,20). The molecule has 0 saturated carbocycles. The minimum absolute atomic E-state index is 0.0154. The summed E-state index contributed by atoms with van der Waals surface area (Å²) in [5.41, 5.74) is 3.03. The van der Waals surface area contributed by atoms with Crippen LogP contribution < -0.4 is 5.32 Å². The summed E-state index contributed by atoms with van der Waals surface area (Å²) in [6, 6.07) is 13.3. The van der Waals surface area contributed by atoms with E-state index in [2.05, 4.69) is 21.2 Å². The van der Waals surface area contributed by atoms with Crippen molar-refractivity contribution in [3.63, 3.8) is 0 Å². The molecule has 2 rings (SSSR count). The van der Waals surface area contributed by atoms with E-state index in [1.54, 1.807) is 0 Å². The molecule has 0 radical (unpaired) electrons. The number of hydrogen-bond donors (Lipinski definition) is 1. The van der Waals surface area contributed by atoms with Crippen LogP contribution in [0.1, 0.15) is 17.5 Å². The van der Waals surface area contributed by atoms with E-state index in [0.29, 0.717) is 17.9 Å². The zero-order chi connectivity index (χ0) is 14.5. The summed E-state index contributed by atoms with van der Waals surface area (Å²) in [5.74, 6) is 0.0154. The number of halogens is 2. The third-order valence-electron chi connectivity index (χ3n) is 3.00. The normalized spacial score (nSPS) is 10.3. The van der Waals surface area contributed by atoms with Gasteiger partial charge in [0.25, 0.3) is 0 Å². The van der Waals surface area contributed by atoms with E-state index in [0.717, 1.165) is 21.3 Å². The van der Waals surface area contributed by atoms with E-state index in [4.69, 9.17) is 11.6 Å². The fourth-order valence-electron chi connectivity index (χ4n) is 1.85. The fourth-order valence-corrected chi connectivity index (χ4v) is 2.23. The molecule has 0 atom stereocenters. The van der Waals surface area contributed by atoms with Crippen LogP contribution >= 0.6 is 27.5 Å². The molecule has 0 saturated heterocycles. The van der Waals surface area contributed by atoms with Gasteiger partial charge in [0.2, 0.25) is 5.91 Å². The van der Waals surface area contributed by atoms with Gasteiger partial charge in [-0.3, -0.25) is 4.79 Å². The van der Waals surface area contributed by atoms with E-state index in [9.17, 15) is 4.79 Å². The van der Waals surface area contributed by atoms with E-state index >= 15 is 0 Å². The number of anilines is 1. The van der Waals surface area contributed by atoms with Crippen molar-refractivity contribution in [1.29, 1.82) is 0 Å². The Kier molecular flexibility index (Phi) is 5.21. The first-order chi connectivity index (χ1) is 9.54. The molecule has 2 aromatic carbocycles. The maximum absolute atomic E-state index is 11.9. The van der Waals surface area contributed by atoms with Gasteiger partial charge in [0, 0.05) is 21.6 Å². The summed E-state index contributed by atoms with van der Waals surface area (Å²) in [7, 11) is 0. The lowest BCUT2D eigenvalue weighted by atomic mass is 10.1. The van der Waals surface area contributed by atoms with Crippen molar-refractivity contribution < 1.29 is 4.79 Å². The highest BCUT2D eigenvalue weighted by Crippen LogP contribution is 2.20. The highest BCUT2D eigenvalue weighted by molar-refractivity contribution is 9.10. The topological polar surface area (TPSA) is 29.1 Å². The highest BCUT2D eigenvalue weighted by atomic mass is 79.9. The number of amides is 1. The molecule has 104 valence electrons. The average Bonchev–Trinajstić information content (AvgIpc) is 2.42. The molecule has 4 heteroatoms. The highest BCUT2D eigenvalue weighted by Gasteiger charge is 2.04. The van der Waals surface area contributed by atoms with Crippen LogP contribution in [0.25, 0.3) is 0 Å². The molecule has 1 N–H and O–H groups in total. The molecule has 0 fully saturated rings. The molecular formula is C16H15BrClNO. The summed E-state index contributed by atoms with van der Waals surface area (Å²) < 4.78 is 1.04. The van der Waals surface area contributed by atoms with Gasteiger partial charge in [-0.05, 0) is 54.8 Å². The molecule has 0 aliphatic carbocycles. The lowest BCUT2D eigenvalue weighted by Crippen LogP contribution is -2.12. The van der Waals surface area contributed by atoms with Crippen LogP contribution in [0.3, 0.4) is 0 Å². The Morgan fingerprint density at radius 2 is 1.90 bits per heavy atom. The van der Waals surface area contributed by atoms with Gasteiger partial charge in [-0.15, -0.1) is 0 Å². The van der Waals surface area contributed by atoms with Gasteiger partial charge in [-0.25, -0.2) is 0 Å². The van der Waals surface area contributed by atoms with Crippen molar-refractivity contribution >= 4 is 39.1 Å². The number of carbonyl (C=O) groups excluding carboxylic acids is 1. The Balaban J connectivity index is 1.89. The molecular weight excluding hydrogens is 338 g/mol. The van der Waals surface area contributed by atoms with Crippen LogP contribution in [0.4, 0.5) is 5.69 Å². The first-order valence-electron chi connectivity index (χ1n) is 6.35. The predicted molar refractivity (Wildman–Crippen MR) is 87.3 cm³/mol. The van der Waals surface area contributed by atoms with Gasteiger partial charge in [0.15, 0.2) is 0 Å². The smallest absolute Gasteiger partial charge is 0.224 e. The van der Waals surface area contributed by atoms with Crippen LogP contribution in [-0.4, -0.2) is 5.91 Å². The molecule has 0 aromatic heterocycles. The first kappa shape index (κ1) is 15.1. The number of carbonyl (C=O) groups is 1. The Bertz CT molecular complexity index is 610. The van der Waals surface area contributed by atoms with Gasteiger partial charge >= 0.3 is 0 Å². The molecule has 0 unspecified atom stereocenters. The largest absolute Gasteiger partial charge is 0.326 e. The van der Waals surface area contributed by atoms with Crippen LogP contribution in [0.15, 0.2) is 46.9 Å². The van der Waals surface area contributed by atoms with Gasteiger partial charge in [0.05, 0.1) is 0 Å². The van der Waals surface area contributed by atoms with Crippen molar-refractivity contribution in [2.75, 3.05) is 5.32 Å². The van der Waals surface area contributed by atoms with E-state index < -0.39 is 0 Å². The lowest BCUT2D eigenvalue weighted by Gasteiger charge is -2.07. The first-order valence-corrected chi connectivity index (χ1v) is 7.52. The molecule has 2 aromatic rings. The van der Waals surface area contributed by atoms with Crippen molar-refractivity contribution in [2.45, 2.75) is 19.8 Å².